The molecular weight excluding hydrogens is 338 g/mol. The number of carbonyl (C=O) groups is 2. The first-order valence-electron chi connectivity index (χ1n) is 9.41. The van der Waals surface area contributed by atoms with E-state index in [0.717, 1.165) is 41.8 Å². The van der Waals surface area contributed by atoms with Crippen molar-refractivity contribution in [2.75, 3.05) is 18.4 Å². The van der Waals surface area contributed by atoms with E-state index in [0.29, 0.717) is 18.7 Å². The van der Waals surface area contributed by atoms with Crippen molar-refractivity contribution in [3.8, 4) is 0 Å². The number of anilines is 1. The van der Waals surface area contributed by atoms with Crippen LogP contribution >= 0.6 is 0 Å². The number of carbonyl (C=O) groups excluding carboxylic acids is 2. The van der Waals surface area contributed by atoms with Crippen molar-refractivity contribution in [1.82, 2.24) is 4.90 Å². The van der Waals surface area contributed by atoms with Crippen molar-refractivity contribution in [3.05, 3.63) is 64.7 Å². The Morgan fingerprint density at radius 2 is 1.85 bits per heavy atom. The second-order valence-corrected chi connectivity index (χ2v) is 7.46. The molecule has 3 N–H and O–H groups in total. The van der Waals surface area contributed by atoms with Gasteiger partial charge in [0.05, 0.1) is 5.92 Å². The Morgan fingerprint density at radius 1 is 1.15 bits per heavy atom. The summed E-state index contributed by atoms with van der Waals surface area (Å²) < 4.78 is 0. The van der Waals surface area contributed by atoms with E-state index in [-0.39, 0.29) is 17.7 Å². The van der Waals surface area contributed by atoms with E-state index >= 15 is 0 Å². The molecular formula is C22H27N3O2. The second kappa shape index (κ2) is 8.35. The number of para-hydroxylation sites is 1. The number of nitrogens with one attached hydrogen (secondary N) is 1. The Hall–Kier alpha value is -2.66. The number of nitrogens with zero attached hydrogens (tertiary/aromatic N) is 1. The molecule has 1 aliphatic heterocycles. The Kier molecular flexibility index (Phi) is 5.91. The van der Waals surface area contributed by atoms with Crippen LogP contribution in [-0.4, -0.2) is 29.8 Å². The number of aryl methyl sites for hydroxylation is 2. The number of hydrogen-bond acceptors (Lipinski definition) is 3. The molecule has 0 aliphatic carbocycles. The summed E-state index contributed by atoms with van der Waals surface area (Å²) in [4.78, 5) is 26.5. The number of benzene rings is 2. The predicted octanol–water partition coefficient (Wildman–Crippen LogP) is 3.25. The lowest BCUT2D eigenvalue weighted by Gasteiger charge is -2.31. The van der Waals surface area contributed by atoms with Crippen molar-refractivity contribution in [2.24, 2.45) is 11.7 Å². The van der Waals surface area contributed by atoms with Crippen molar-refractivity contribution < 1.29 is 9.59 Å². The maximum atomic E-state index is 12.7. The van der Waals surface area contributed by atoms with Crippen LogP contribution in [0.4, 0.5) is 5.69 Å². The molecule has 27 heavy (non-hydrogen) atoms. The summed E-state index contributed by atoms with van der Waals surface area (Å²) in [6, 6.07) is 13.7. The Balaban J connectivity index is 1.74. The van der Waals surface area contributed by atoms with Crippen molar-refractivity contribution in [3.63, 3.8) is 0 Å². The molecule has 2 amide bonds. The zero-order valence-corrected chi connectivity index (χ0v) is 16.0. The largest absolute Gasteiger partial charge is 0.369 e. The normalized spacial score (nSPS) is 17.5. The molecule has 1 saturated heterocycles. The SMILES string of the molecule is Cc1cc(C)cc(C(=O)Nc2ccccc2CN2CCCC(C(N)=O)C2)c1. The molecule has 1 atom stereocenters. The van der Waals surface area contributed by atoms with Crippen LogP contribution in [0, 0.1) is 19.8 Å². The van der Waals surface area contributed by atoms with Gasteiger partial charge in [0.25, 0.3) is 5.91 Å². The van der Waals surface area contributed by atoms with Gasteiger partial charge in [-0.15, -0.1) is 0 Å². The van der Waals surface area contributed by atoms with E-state index in [1.54, 1.807) is 0 Å². The van der Waals surface area contributed by atoms with Gasteiger partial charge in [0.1, 0.15) is 0 Å². The summed E-state index contributed by atoms with van der Waals surface area (Å²) >= 11 is 0. The van der Waals surface area contributed by atoms with Gasteiger partial charge < -0.3 is 11.1 Å². The van der Waals surface area contributed by atoms with Crippen molar-refractivity contribution in [2.45, 2.75) is 33.2 Å². The Morgan fingerprint density at radius 3 is 2.56 bits per heavy atom. The molecule has 0 radical (unpaired) electrons. The maximum absolute atomic E-state index is 12.7. The van der Waals surface area contributed by atoms with Crippen LogP contribution in [0.5, 0.6) is 0 Å². The molecule has 1 heterocycles. The summed E-state index contributed by atoms with van der Waals surface area (Å²) in [6.07, 6.45) is 1.82. The van der Waals surface area contributed by atoms with Gasteiger partial charge in [-0.05, 0) is 57.0 Å². The van der Waals surface area contributed by atoms with Crippen LogP contribution in [0.3, 0.4) is 0 Å². The first kappa shape index (κ1) is 19.1. The van der Waals surface area contributed by atoms with E-state index in [4.69, 9.17) is 5.73 Å². The van der Waals surface area contributed by atoms with Gasteiger partial charge >= 0.3 is 0 Å². The molecule has 2 aromatic carbocycles. The lowest BCUT2D eigenvalue weighted by molar-refractivity contribution is -0.123. The molecule has 1 unspecified atom stereocenters. The molecule has 5 nitrogen and oxygen atoms in total. The lowest BCUT2D eigenvalue weighted by Crippen LogP contribution is -2.40. The summed E-state index contributed by atoms with van der Waals surface area (Å²) in [5.41, 5.74) is 10.1. The van der Waals surface area contributed by atoms with Gasteiger partial charge in [-0.2, -0.15) is 0 Å². The molecule has 1 aliphatic rings. The number of piperidine rings is 1. The van der Waals surface area contributed by atoms with E-state index in [1.165, 1.54) is 0 Å². The summed E-state index contributed by atoms with van der Waals surface area (Å²) in [6.45, 7) is 6.28. The summed E-state index contributed by atoms with van der Waals surface area (Å²) in [7, 11) is 0. The Labute approximate surface area is 160 Å². The van der Waals surface area contributed by atoms with E-state index in [1.807, 2.05) is 50.2 Å². The van der Waals surface area contributed by atoms with Crippen LogP contribution in [-0.2, 0) is 11.3 Å². The highest BCUT2D eigenvalue weighted by Crippen LogP contribution is 2.23. The van der Waals surface area contributed by atoms with Crippen molar-refractivity contribution >= 4 is 17.5 Å². The van der Waals surface area contributed by atoms with E-state index in [2.05, 4.69) is 16.3 Å². The number of hydrogen-bond donors (Lipinski definition) is 2. The minimum absolute atomic E-state index is 0.0872. The molecule has 142 valence electrons. The van der Waals surface area contributed by atoms with Crippen LogP contribution in [0.2, 0.25) is 0 Å². The zero-order chi connectivity index (χ0) is 19.4. The number of nitrogens with two attached hydrogens (primary N) is 1. The van der Waals surface area contributed by atoms with Crippen molar-refractivity contribution in [1.29, 1.82) is 0 Å². The van der Waals surface area contributed by atoms with Gasteiger partial charge in [0.15, 0.2) is 0 Å². The highest BCUT2D eigenvalue weighted by molar-refractivity contribution is 6.04. The van der Waals surface area contributed by atoms with Gasteiger partial charge in [0.2, 0.25) is 5.91 Å². The Bertz CT molecular complexity index is 827. The molecule has 0 aromatic heterocycles. The summed E-state index contributed by atoms with van der Waals surface area (Å²) in [5.74, 6) is -0.421. The topological polar surface area (TPSA) is 75.4 Å². The quantitative estimate of drug-likeness (QED) is 0.854. The minimum Gasteiger partial charge on any atom is -0.369 e. The predicted molar refractivity (Wildman–Crippen MR) is 108 cm³/mol. The summed E-state index contributed by atoms with van der Waals surface area (Å²) in [5, 5.41) is 3.05. The number of primary amides is 1. The zero-order valence-electron chi connectivity index (χ0n) is 16.0. The average Bonchev–Trinajstić information content (AvgIpc) is 2.62. The van der Waals surface area contributed by atoms with E-state index < -0.39 is 0 Å². The van der Waals surface area contributed by atoms with Gasteiger partial charge in [-0.1, -0.05) is 35.4 Å². The molecule has 5 heteroatoms. The molecule has 1 fully saturated rings. The molecule has 0 saturated carbocycles. The second-order valence-electron chi connectivity index (χ2n) is 7.46. The highest BCUT2D eigenvalue weighted by Gasteiger charge is 2.24. The first-order chi connectivity index (χ1) is 12.9. The van der Waals surface area contributed by atoms with Crippen LogP contribution in [0.1, 0.15) is 39.9 Å². The van der Waals surface area contributed by atoms with Gasteiger partial charge in [-0.3, -0.25) is 14.5 Å². The average molecular weight is 365 g/mol. The minimum atomic E-state index is -0.226. The monoisotopic (exact) mass is 365 g/mol. The van der Waals surface area contributed by atoms with E-state index in [9.17, 15) is 9.59 Å². The third-order valence-electron chi connectivity index (χ3n) is 5.05. The third kappa shape index (κ3) is 4.95. The fourth-order valence-electron chi connectivity index (χ4n) is 3.75. The van der Waals surface area contributed by atoms with Crippen LogP contribution in [0.25, 0.3) is 0 Å². The van der Waals surface area contributed by atoms with Gasteiger partial charge in [0, 0.05) is 24.3 Å². The number of rotatable bonds is 5. The fraction of sp³-hybridized carbons (Fsp3) is 0.364. The molecule has 0 bridgehead atoms. The molecule has 2 aromatic rings. The van der Waals surface area contributed by atoms with Crippen LogP contribution in [0.15, 0.2) is 42.5 Å². The maximum Gasteiger partial charge on any atom is 0.255 e. The third-order valence-corrected chi connectivity index (χ3v) is 5.05. The van der Waals surface area contributed by atoms with Gasteiger partial charge in [-0.25, -0.2) is 0 Å². The smallest absolute Gasteiger partial charge is 0.255 e. The molecule has 3 rings (SSSR count). The first-order valence-corrected chi connectivity index (χ1v) is 9.41. The highest BCUT2D eigenvalue weighted by atomic mass is 16.2. The molecule has 0 spiro atoms. The number of likely N-dealkylation sites (tertiary alicyclic amines) is 1. The lowest BCUT2D eigenvalue weighted by atomic mass is 9.97. The number of amides is 2. The standard InChI is InChI=1S/C22H27N3O2/c1-15-10-16(2)12-19(11-15)22(27)24-20-8-4-3-6-17(20)13-25-9-5-7-18(14-25)21(23)26/h3-4,6,8,10-12,18H,5,7,9,13-14H2,1-2H3,(H2,23,26)(H,24,27). The fourth-order valence-corrected chi connectivity index (χ4v) is 3.75. The van der Waals surface area contributed by atoms with Crippen LogP contribution < -0.4 is 11.1 Å².